The van der Waals surface area contributed by atoms with Gasteiger partial charge >= 0.3 is 0 Å². The Balaban J connectivity index is 1.54. The Morgan fingerprint density at radius 3 is 2.46 bits per heavy atom. The molecule has 0 radical (unpaired) electrons. The first-order chi connectivity index (χ1) is 13.6. The standard InChI is InChI=1S/C23H30N2O3/c1-17(21-15-20(27-2)9-10-22(21)28-3)24-23(26)19-11-13-25(14-12-19)16-18-7-5-4-6-8-18/h4-10,15,17,19H,11-14,16H2,1-3H3,(H,24,26). The Kier molecular flexibility index (Phi) is 6.93. The lowest BCUT2D eigenvalue weighted by Gasteiger charge is -2.32. The van der Waals surface area contributed by atoms with Crippen molar-refractivity contribution in [1.82, 2.24) is 10.2 Å². The predicted octanol–water partition coefficient (Wildman–Crippen LogP) is 3.79. The number of likely N-dealkylation sites (tertiary alicyclic amines) is 1. The molecule has 2 aromatic carbocycles. The molecule has 1 saturated heterocycles. The zero-order valence-electron chi connectivity index (χ0n) is 17.0. The molecule has 1 atom stereocenters. The van der Waals surface area contributed by atoms with Gasteiger partial charge in [-0.2, -0.15) is 0 Å². The fraction of sp³-hybridized carbons (Fsp3) is 0.435. The summed E-state index contributed by atoms with van der Waals surface area (Å²) in [7, 11) is 3.28. The zero-order valence-corrected chi connectivity index (χ0v) is 17.0. The molecule has 0 saturated carbocycles. The van der Waals surface area contributed by atoms with Gasteiger partial charge < -0.3 is 14.8 Å². The van der Waals surface area contributed by atoms with E-state index >= 15 is 0 Å². The summed E-state index contributed by atoms with van der Waals surface area (Å²) < 4.78 is 10.8. The van der Waals surface area contributed by atoms with Gasteiger partial charge in [-0.1, -0.05) is 30.3 Å². The van der Waals surface area contributed by atoms with Gasteiger partial charge in [-0.25, -0.2) is 0 Å². The number of hydrogen-bond acceptors (Lipinski definition) is 4. The summed E-state index contributed by atoms with van der Waals surface area (Å²) in [5.74, 6) is 1.69. The minimum Gasteiger partial charge on any atom is -0.497 e. The van der Waals surface area contributed by atoms with Gasteiger partial charge in [0.25, 0.3) is 0 Å². The quantitative estimate of drug-likeness (QED) is 0.792. The molecule has 5 heteroatoms. The van der Waals surface area contributed by atoms with Crippen LogP contribution in [0.2, 0.25) is 0 Å². The number of methoxy groups -OCH3 is 2. The van der Waals surface area contributed by atoms with E-state index in [0.717, 1.165) is 49.5 Å². The largest absolute Gasteiger partial charge is 0.497 e. The maximum absolute atomic E-state index is 12.8. The van der Waals surface area contributed by atoms with Crippen LogP contribution in [0.1, 0.15) is 36.9 Å². The Bertz CT molecular complexity index is 771. The van der Waals surface area contributed by atoms with E-state index in [4.69, 9.17) is 9.47 Å². The summed E-state index contributed by atoms with van der Waals surface area (Å²) in [5.41, 5.74) is 2.25. The molecule has 0 aromatic heterocycles. The summed E-state index contributed by atoms with van der Waals surface area (Å²) in [6.07, 6.45) is 1.78. The van der Waals surface area contributed by atoms with Crippen molar-refractivity contribution in [3.8, 4) is 11.5 Å². The van der Waals surface area contributed by atoms with Gasteiger partial charge in [0.1, 0.15) is 11.5 Å². The molecule has 5 nitrogen and oxygen atoms in total. The van der Waals surface area contributed by atoms with Gasteiger partial charge in [-0.15, -0.1) is 0 Å². The minimum atomic E-state index is -0.139. The highest BCUT2D eigenvalue weighted by atomic mass is 16.5. The molecule has 0 bridgehead atoms. The van der Waals surface area contributed by atoms with E-state index in [1.54, 1.807) is 14.2 Å². The van der Waals surface area contributed by atoms with Gasteiger partial charge in [-0.05, 0) is 56.6 Å². The number of benzene rings is 2. The maximum Gasteiger partial charge on any atom is 0.223 e. The Morgan fingerprint density at radius 1 is 1.11 bits per heavy atom. The van der Waals surface area contributed by atoms with E-state index < -0.39 is 0 Å². The van der Waals surface area contributed by atoms with Gasteiger partial charge in [-0.3, -0.25) is 9.69 Å². The number of ether oxygens (including phenoxy) is 2. The molecule has 0 spiro atoms. The maximum atomic E-state index is 12.8. The second kappa shape index (κ2) is 9.60. The summed E-state index contributed by atoms with van der Waals surface area (Å²) in [4.78, 5) is 15.2. The van der Waals surface area contributed by atoms with Crippen LogP contribution in [0, 0.1) is 5.92 Å². The first kappa shape index (κ1) is 20.2. The molecule has 1 amide bonds. The molecule has 1 N–H and O–H groups in total. The number of amides is 1. The molecular formula is C23H30N2O3. The number of nitrogens with zero attached hydrogens (tertiary/aromatic N) is 1. The molecule has 1 fully saturated rings. The number of carbonyl (C=O) groups excluding carboxylic acids is 1. The number of carbonyl (C=O) groups is 1. The van der Waals surface area contributed by atoms with E-state index in [0.29, 0.717) is 0 Å². The fourth-order valence-electron chi connectivity index (χ4n) is 3.78. The lowest BCUT2D eigenvalue weighted by atomic mass is 9.94. The first-order valence-electron chi connectivity index (χ1n) is 9.89. The van der Waals surface area contributed by atoms with Gasteiger partial charge in [0, 0.05) is 18.0 Å². The Labute approximate surface area is 167 Å². The minimum absolute atomic E-state index is 0.0612. The van der Waals surface area contributed by atoms with Crippen LogP contribution in [0.25, 0.3) is 0 Å². The third-order valence-corrected chi connectivity index (χ3v) is 5.47. The van der Waals surface area contributed by atoms with Crippen LogP contribution >= 0.6 is 0 Å². The van der Waals surface area contributed by atoms with Crippen molar-refractivity contribution in [2.45, 2.75) is 32.4 Å². The summed E-state index contributed by atoms with van der Waals surface area (Å²) in [5, 5.41) is 3.16. The van der Waals surface area contributed by atoms with Gasteiger partial charge in [0.05, 0.1) is 20.3 Å². The van der Waals surface area contributed by atoms with Crippen LogP contribution in [-0.2, 0) is 11.3 Å². The zero-order chi connectivity index (χ0) is 19.9. The van der Waals surface area contributed by atoms with E-state index in [-0.39, 0.29) is 17.9 Å². The van der Waals surface area contributed by atoms with Crippen LogP contribution < -0.4 is 14.8 Å². The average molecular weight is 383 g/mol. The Hall–Kier alpha value is -2.53. The van der Waals surface area contributed by atoms with E-state index in [2.05, 4.69) is 34.5 Å². The molecule has 0 aliphatic carbocycles. The highest BCUT2D eigenvalue weighted by molar-refractivity contribution is 5.79. The molecule has 28 heavy (non-hydrogen) atoms. The highest BCUT2D eigenvalue weighted by Gasteiger charge is 2.26. The Morgan fingerprint density at radius 2 is 1.82 bits per heavy atom. The van der Waals surface area contributed by atoms with Crippen molar-refractivity contribution in [2.75, 3.05) is 27.3 Å². The summed E-state index contributed by atoms with van der Waals surface area (Å²) in [6.45, 7) is 4.83. The lowest BCUT2D eigenvalue weighted by molar-refractivity contribution is -0.127. The number of hydrogen-bond donors (Lipinski definition) is 1. The summed E-state index contributed by atoms with van der Waals surface area (Å²) in [6, 6.07) is 16.0. The topological polar surface area (TPSA) is 50.8 Å². The van der Waals surface area contributed by atoms with E-state index in [9.17, 15) is 4.79 Å². The van der Waals surface area contributed by atoms with Crippen LogP contribution in [0.4, 0.5) is 0 Å². The molecule has 2 aromatic rings. The normalized spacial score (nSPS) is 16.4. The molecule has 1 heterocycles. The van der Waals surface area contributed by atoms with Gasteiger partial charge in [0.15, 0.2) is 0 Å². The summed E-state index contributed by atoms with van der Waals surface area (Å²) >= 11 is 0. The molecule has 1 aliphatic heterocycles. The van der Waals surface area contributed by atoms with Crippen LogP contribution in [0.15, 0.2) is 48.5 Å². The van der Waals surface area contributed by atoms with Crippen molar-refractivity contribution in [3.05, 3.63) is 59.7 Å². The highest BCUT2D eigenvalue weighted by Crippen LogP contribution is 2.30. The van der Waals surface area contributed by atoms with E-state index in [1.807, 2.05) is 31.2 Å². The smallest absolute Gasteiger partial charge is 0.223 e. The van der Waals surface area contributed by atoms with Crippen molar-refractivity contribution >= 4 is 5.91 Å². The molecular weight excluding hydrogens is 352 g/mol. The number of nitrogens with one attached hydrogen (secondary N) is 1. The van der Waals surface area contributed by atoms with Crippen LogP contribution in [-0.4, -0.2) is 38.1 Å². The fourth-order valence-corrected chi connectivity index (χ4v) is 3.78. The third kappa shape index (κ3) is 5.04. The van der Waals surface area contributed by atoms with Crippen LogP contribution in [0.5, 0.6) is 11.5 Å². The van der Waals surface area contributed by atoms with Crippen molar-refractivity contribution in [1.29, 1.82) is 0 Å². The first-order valence-corrected chi connectivity index (χ1v) is 9.89. The van der Waals surface area contributed by atoms with Gasteiger partial charge in [0.2, 0.25) is 5.91 Å². The molecule has 1 unspecified atom stereocenters. The van der Waals surface area contributed by atoms with Crippen molar-refractivity contribution < 1.29 is 14.3 Å². The van der Waals surface area contributed by atoms with E-state index in [1.165, 1.54) is 5.56 Å². The molecule has 3 rings (SSSR count). The average Bonchev–Trinajstić information content (AvgIpc) is 2.74. The van der Waals surface area contributed by atoms with Crippen molar-refractivity contribution in [3.63, 3.8) is 0 Å². The number of rotatable bonds is 7. The SMILES string of the molecule is COc1ccc(OC)c(C(C)NC(=O)C2CCN(Cc3ccccc3)CC2)c1. The monoisotopic (exact) mass is 382 g/mol. The van der Waals surface area contributed by atoms with Crippen LogP contribution in [0.3, 0.4) is 0 Å². The lowest BCUT2D eigenvalue weighted by Crippen LogP contribution is -2.40. The number of piperidine rings is 1. The van der Waals surface area contributed by atoms with Crippen molar-refractivity contribution in [2.24, 2.45) is 5.92 Å². The predicted molar refractivity (Wildman–Crippen MR) is 111 cm³/mol. The molecule has 1 aliphatic rings. The second-order valence-corrected chi connectivity index (χ2v) is 7.37. The molecule has 150 valence electrons. The second-order valence-electron chi connectivity index (χ2n) is 7.37. The third-order valence-electron chi connectivity index (χ3n) is 5.47.